The van der Waals surface area contributed by atoms with Gasteiger partial charge in [0.1, 0.15) is 0 Å². The molecule has 0 aromatic heterocycles. The molecule has 0 aliphatic heterocycles. The van der Waals surface area contributed by atoms with Crippen molar-refractivity contribution in [1.82, 2.24) is 0 Å². The molecule has 0 aliphatic carbocycles. The van der Waals surface area contributed by atoms with Crippen LogP contribution in [0.5, 0.6) is 0 Å². The van der Waals surface area contributed by atoms with Gasteiger partial charge in [-0.3, -0.25) is 4.79 Å². The van der Waals surface area contributed by atoms with Crippen molar-refractivity contribution in [3.05, 3.63) is 0 Å². The Labute approximate surface area is 65.7 Å². The van der Waals surface area contributed by atoms with Gasteiger partial charge in [0, 0.05) is 6.42 Å². The summed E-state index contributed by atoms with van der Waals surface area (Å²) in [6, 6.07) is 0. The summed E-state index contributed by atoms with van der Waals surface area (Å²) in [5.41, 5.74) is 0. The Balaban J connectivity index is 3.79. The van der Waals surface area contributed by atoms with E-state index in [1.807, 2.05) is 0 Å². The normalized spacial score (nSPS) is 12.1. The molecule has 1 atom stereocenters. The van der Waals surface area contributed by atoms with Gasteiger partial charge >= 0.3 is 16.5 Å². The van der Waals surface area contributed by atoms with Crippen LogP contribution in [0.15, 0.2) is 4.36 Å². The van der Waals surface area contributed by atoms with Crippen molar-refractivity contribution >= 4 is 16.5 Å². The Morgan fingerprint density at radius 2 is 2.18 bits per heavy atom. The highest BCUT2D eigenvalue weighted by Gasteiger charge is 2.05. The first-order chi connectivity index (χ1) is 5.02. The highest BCUT2D eigenvalue weighted by molar-refractivity contribution is 7.61. The van der Waals surface area contributed by atoms with E-state index in [2.05, 4.69) is 4.36 Å². The average Bonchev–Trinajstić information content (AvgIpc) is 1.82. The van der Waals surface area contributed by atoms with Crippen molar-refractivity contribution in [2.45, 2.75) is 13.3 Å². The van der Waals surface area contributed by atoms with E-state index in [4.69, 9.17) is 5.11 Å². The maximum atomic E-state index is 10.1. The number of hydrogen-bond acceptors (Lipinski definition) is 4. The van der Waals surface area contributed by atoms with Crippen molar-refractivity contribution in [3.8, 4) is 0 Å². The van der Waals surface area contributed by atoms with Crippen LogP contribution in [0.4, 0.5) is 0 Å². The number of rotatable bonds is 4. The molecule has 1 N–H and O–H groups in total. The van der Waals surface area contributed by atoms with Crippen LogP contribution in [0.1, 0.15) is 13.3 Å². The summed E-state index contributed by atoms with van der Waals surface area (Å²) < 4.78 is 22.9. The Bertz CT molecular complexity index is 248. The van der Waals surface area contributed by atoms with Crippen LogP contribution in [0.3, 0.4) is 0 Å². The van der Waals surface area contributed by atoms with Crippen molar-refractivity contribution in [1.29, 1.82) is 0 Å². The van der Waals surface area contributed by atoms with Gasteiger partial charge in [0.2, 0.25) is 0 Å². The highest BCUT2D eigenvalue weighted by Crippen LogP contribution is 2.00. The lowest BCUT2D eigenvalue weighted by Crippen LogP contribution is -2.06. The van der Waals surface area contributed by atoms with Crippen LogP contribution in [0.2, 0.25) is 0 Å². The van der Waals surface area contributed by atoms with E-state index in [1.54, 1.807) is 6.92 Å². The van der Waals surface area contributed by atoms with E-state index < -0.39 is 16.5 Å². The number of hydrogen-bond donors (Lipinski definition) is 1. The lowest BCUT2D eigenvalue weighted by molar-refractivity contribution is -0.137. The molecule has 0 saturated heterocycles. The molecular formula is C5H9NO4S. The van der Waals surface area contributed by atoms with Gasteiger partial charge in [-0.05, 0) is 5.92 Å². The van der Waals surface area contributed by atoms with Gasteiger partial charge in [0.25, 0.3) is 0 Å². The molecule has 1 unspecified atom stereocenters. The third kappa shape index (κ3) is 6.98. The quantitative estimate of drug-likeness (QED) is 0.666. The first kappa shape index (κ1) is 10.1. The molecule has 0 saturated carbocycles. The fourth-order valence-corrected chi connectivity index (χ4v) is 0.927. The number of nitrogens with zero attached hydrogens (tertiary/aromatic N) is 1. The number of carboxylic acids is 1. The van der Waals surface area contributed by atoms with Crippen molar-refractivity contribution < 1.29 is 18.3 Å². The standard InChI is InChI=1S/C5H9NO4S/c1-4(2-5(7)8)3-6-11(9)10/h4H,2-3H2,1H3,(H,7,8). The fourth-order valence-electron chi connectivity index (χ4n) is 0.551. The van der Waals surface area contributed by atoms with Gasteiger partial charge in [0.15, 0.2) is 0 Å². The van der Waals surface area contributed by atoms with Crippen LogP contribution in [-0.2, 0) is 15.3 Å². The molecule has 0 radical (unpaired) electrons. The molecule has 5 nitrogen and oxygen atoms in total. The van der Waals surface area contributed by atoms with Crippen molar-refractivity contribution in [2.24, 2.45) is 10.3 Å². The molecule has 0 aromatic carbocycles. The molecule has 0 rings (SSSR count). The van der Waals surface area contributed by atoms with Gasteiger partial charge in [0.05, 0.1) is 6.54 Å². The molecule has 0 aromatic rings. The second-order valence-corrected chi connectivity index (χ2v) is 2.92. The minimum Gasteiger partial charge on any atom is -0.481 e. The summed E-state index contributed by atoms with van der Waals surface area (Å²) in [7, 11) is -2.42. The monoisotopic (exact) mass is 179 g/mol. The molecule has 11 heavy (non-hydrogen) atoms. The second-order valence-electron chi connectivity index (χ2n) is 2.23. The van der Waals surface area contributed by atoms with Gasteiger partial charge in [-0.25, -0.2) is 0 Å². The van der Waals surface area contributed by atoms with E-state index in [0.717, 1.165) is 0 Å². The number of carbonyl (C=O) groups is 1. The number of carboxylic acid groups (broad SMARTS) is 1. The molecule has 0 amide bonds. The van der Waals surface area contributed by atoms with Crippen LogP contribution < -0.4 is 0 Å². The van der Waals surface area contributed by atoms with Crippen LogP contribution >= 0.6 is 0 Å². The van der Waals surface area contributed by atoms with E-state index >= 15 is 0 Å². The average molecular weight is 179 g/mol. The maximum absolute atomic E-state index is 10.1. The first-order valence-corrected chi connectivity index (χ1v) is 4.04. The molecular weight excluding hydrogens is 170 g/mol. The predicted octanol–water partition coefficient (Wildman–Crippen LogP) is 0.160. The Morgan fingerprint density at radius 3 is 2.55 bits per heavy atom. The summed E-state index contributed by atoms with van der Waals surface area (Å²) >= 11 is 0. The van der Waals surface area contributed by atoms with Crippen LogP contribution in [0.25, 0.3) is 0 Å². The molecule has 0 bridgehead atoms. The minimum atomic E-state index is -2.42. The van der Waals surface area contributed by atoms with Crippen LogP contribution in [-0.4, -0.2) is 26.0 Å². The van der Waals surface area contributed by atoms with Gasteiger partial charge < -0.3 is 5.11 Å². The zero-order chi connectivity index (χ0) is 8.85. The minimum absolute atomic E-state index is 0.0441. The summed E-state index contributed by atoms with van der Waals surface area (Å²) in [5, 5.41) is 8.25. The van der Waals surface area contributed by atoms with Crippen LogP contribution in [0, 0.1) is 5.92 Å². The summed E-state index contributed by atoms with van der Waals surface area (Å²) in [6.45, 7) is 1.67. The molecule has 0 heterocycles. The second kappa shape index (κ2) is 4.84. The van der Waals surface area contributed by atoms with Crippen molar-refractivity contribution in [3.63, 3.8) is 0 Å². The summed E-state index contributed by atoms with van der Waals surface area (Å²) in [6.07, 6.45) is -0.0549. The summed E-state index contributed by atoms with van der Waals surface area (Å²) in [5.74, 6) is -1.17. The SMILES string of the molecule is CC(CN=S(=O)=O)CC(=O)O. The van der Waals surface area contributed by atoms with E-state index in [1.165, 1.54) is 0 Å². The van der Waals surface area contributed by atoms with E-state index in [-0.39, 0.29) is 18.9 Å². The fraction of sp³-hybridized carbons (Fsp3) is 0.800. The largest absolute Gasteiger partial charge is 0.481 e. The predicted molar refractivity (Wildman–Crippen MR) is 37.6 cm³/mol. The van der Waals surface area contributed by atoms with Gasteiger partial charge in [-0.2, -0.15) is 12.8 Å². The maximum Gasteiger partial charge on any atom is 0.311 e. The zero-order valence-electron chi connectivity index (χ0n) is 6.02. The Hall–Kier alpha value is -0.910. The van der Waals surface area contributed by atoms with E-state index in [0.29, 0.717) is 0 Å². The third-order valence-corrected chi connectivity index (χ3v) is 1.37. The lowest BCUT2D eigenvalue weighted by atomic mass is 10.1. The zero-order valence-corrected chi connectivity index (χ0v) is 6.84. The van der Waals surface area contributed by atoms with Gasteiger partial charge in [-0.15, -0.1) is 0 Å². The molecule has 0 aliphatic rings. The first-order valence-electron chi connectivity index (χ1n) is 3.01. The van der Waals surface area contributed by atoms with Gasteiger partial charge in [-0.1, -0.05) is 6.92 Å². The smallest absolute Gasteiger partial charge is 0.311 e. The van der Waals surface area contributed by atoms with E-state index in [9.17, 15) is 13.2 Å². The molecule has 0 spiro atoms. The Kier molecular flexibility index (Phi) is 4.44. The topological polar surface area (TPSA) is 83.8 Å². The number of aliphatic carboxylic acids is 1. The van der Waals surface area contributed by atoms with Crippen molar-refractivity contribution in [2.75, 3.05) is 6.54 Å². The molecule has 64 valence electrons. The molecule has 0 fully saturated rings. The third-order valence-electron chi connectivity index (χ3n) is 1.01. The summed E-state index contributed by atoms with van der Waals surface area (Å²) in [4.78, 5) is 10.1. The Morgan fingerprint density at radius 1 is 1.64 bits per heavy atom. The lowest BCUT2D eigenvalue weighted by Gasteiger charge is -2.00. The highest BCUT2D eigenvalue weighted by atomic mass is 32.2. The molecule has 6 heteroatoms.